The summed E-state index contributed by atoms with van der Waals surface area (Å²) in [5.74, 6) is -0.600. The van der Waals surface area contributed by atoms with E-state index in [1.807, 2.05) is 0 Å². The first kappa shape index (κ1) is 18.5. The number of carboxylic acid groups (broad SMARTS) is 1. The molecule has 0 aliphatic heterocycles. The van der Waals surface area contributed by atoms with E-state index in [-0.39, 0.29) is 29.4 Å². The third-order valence-electron chi connectivity index (χ3n) is 4.03. The summed E-state index contributed by atoms with van der Waals surface area (Å²) in [5, 5.41) is 11.5. The lowest BCUT2D eigenvalue weighted by atomic mass is 9.88. The van der Waals surface area contributed by atoms with Crippen molar-refractivity contribution in [3.63, 3.8) is 0 Å². The van der Waals surface area contributed by atoms with Gasteiger partial charge in [0.25, 0.3) is 0 Å². The summed E-state index contributed by atoms with van der Waals surface area (Å²) in [6.45, 7) is 1.68. The standard InChI is InChI=1S/C17H22ClNO5/c1-11-4-2-3-5-14(11)23-9-16(20)19-12-6-7-15(13(18)8-12)24-10-17(21)22/h6-8,11,14H,2-5,9-10H2,1H3,(H,19,20)(H,21,22). The normalized spacial score (nSPS) is 20.4. The Morgan fingerprint density at radius 2 is 2.04 bits per heavy atom. The van der Waals surface area contributed by atoms with Gasteiger partial charge in [-0.1, -0.05) is 31.4 Å². The second-order valence-electron chi connectivity index (χ2n) is 5.99. The monoisotopic (exact) mass is 355 g/mol. The Labute approximate surface area is 146 Å². The molecule has 1 aliphatic rings. The van der Waals surface area contributed by atoms with E-state index in [9.17, 15) is 9.59 Å². The van der Waals surface area contributed by atoms with E-state index in [0.29, 0.717) is 11.6 Å². The molecule has 6 nitrogen and oxygen atoms in total. The number of carbonyl (C=O) groups excluding carboxylic acids is 1. The number of hydrogen-bond donors (Lipinski definition) is 2. The SMILES string of the molecule is CC1CCCCC1OCC(=O)Nc1ccc(OCC(=O)O)c(Cl)c1. The van der Waals surface area contributed by atoms with Crippen LogP contribution in [-0.4, -0.2) is 36.3 Å². The van der Waals surface area contributed by atoms with Crippen molar-refractivity contribution in [3.05, 3.63) is 23.2 Å². The highest BCUT2D eigenvalue weighted by atomic mass is 35.5. The number of carboxylic acids is 1. The molecule has 7 heteroatoms. The van der Waals surface area contributed by atoms with Crippen molar-refractivity contribution in [2.75, 3.05) is 18.5 Å². The van der Waals surface area contributed by atoms with Crippen LogP contribution >= 0.6 is 11.6 Å². The molecule has 2 unspecified atom stereocenters. The Morgan fingerprint density at radius 1 is 1.29 bits per heavy atom. The Bertz CT molecular complexity index is 592. The van der Waals surface area contributed by atoms with E-state index in [0.717, 1.165) is 19.3 Å². The Balaban J connectivity index is 1.82. The molecule has 1 aromatic rings. The van der Waals surface area contributed by atoms with Gasteiger partial charge in [-0.15, -0.1) is 0 Å². The molecule has 2 N–H and O–H groups in total. The van der Waals surface area contributed by atoms with Gasteiger partial charge in [-0.2, -0.15) is 0 Å². The minimum Gasteiger partial charge on any atom is -0.480 e. The first-order valence-electron chi connectivity index (χ1n) is 8.01. The average Bonchev–Trinajstić information content (AvgIpc) is 2.53. The van der Waals surface area contributed by atoms with Crippen LogP contribution in [0.3, 0.4) is 0 Å². The number of amides is 1. The lowest BCUT2D eigenvalue weighted by Gasteiger charge is -2.28. The van der Waals surface area contributed by atoms with Gasteiger partial charge in [0.05, 0.1) is 11.1 Å². The van der Waals surface area contributed by atoms with Crippen molar-refractivity contribution in [1.29, 1.82) is 0 Å². The van der Waals surface area contributed by atoms with Crippen LogP contribution in [0.25, 0.3) is 0 Å². The van der Waals surface area contributed by atoms with Crippen LogP contribution in [0.1, 0.15) is 32.6 Å². The topological polar surface area (TPSA) is 84.9 Å². The van der Waals surface area contributed by atoms with Crippen LogP contribution < -0.4 is 10.1 Å². The van der Waals surface area contributed by atoms with E-state index in [1.54, 1.807) is 6.07 Å². The van der Waals surface area contributed by atoms with Crippen molar-refractivity contribution in [2.24, 2.45) is 5.92 Å². The Kier molecular flexibility index (Phi) is 6.87. The van der Waals surface area contributed by atoms with Gasteiger partial charge in [-0.05, 0) is 37.0 Å². The highest BCUT2D eigenvalue weighted by Crippen LogP contribution is 2.28. The number of halogens is 1. The first-order valence-corrected chi connectivity index (χ1v) is 8.39. The molecule has 2 rings (SSSR count). The van der Waals surface area contributed by atoms with Crippen LogP contribution in [0.2, 0.25) is 5.02 Å². The average molecular weight is 356 g/mol. The van der Waals surface area contributed by atoms with Crippen molar-refractivity contribution >= 4 is 29.2 Å². The number of rotatable bonds is 7. The third-order valence-corrected chi connectivity index (χ3v) is 4.32. The Hall–Kier alpha value is -1.79. The molecular weight excluding hydrogens is 334 g/mol. The van der Waals surface area contributed by atoms with Crippen molar-refractivity contribution in [1.82, 2.24) is 0 Å². The number of aliphatic carboxylic acids is 1. The fraction of sp³-hybridized carbons (Fsp3) is 0.529. The summed E-state index contributed by atoms with van der Waals surface area (Å²) >= 11 is 6.01. The molecule has 1 aliphatic carbocycles. The number of carbonyl (C=O) groups is 2. The quantitative estimate of drug-likeness (QED) is 0.783. The van der Waals surface area contributed by atoms with Crippen LogP contribution in [0, 0.1) is 5.92 Å². The van der Waals surface area contributed by atoms with Gasteiger partial charge in [0.2, 0.25) is 5.91 Å². The lowest BCUT2D eigenvalue weighted by Crippen LogP contribution is -2.29. The van der Waals surface area contributed by atoms with E-state index < -0.39 is 12.6 Å². The molecule has 1 fully saturated rings. The Morgan fingerprint density at radius 3 is 2.71 bits per heavy atom. The zero-order valence-corrected chi connectivity index (χ0v) is 14.3. The minimum absolute atomic E-state index is 0.00386. The molecule has 0 saturated heterocycles. The summed E-state index contributed by atoms with van der Waals surface area (Å²) in [6, 6.07) is 4.63. The molecule has 1 saturated carbocycles. The maximum Gasteiger partial charge on any atom is 0.341 e. The molecule has 0 aromatic heterocycles. The molecule has 0 spiro atoms. The van der Waals surface area contributed by atoms with Gasteiger partial charge in [0.1, 0.15) is 12.4 Å². The minimum atomic E-state index is -1.09. The van der Waals surface area contributed by atoms with Crippen LogP contribution in [0.5, 0.6) is 5.75 Å². The number of benzene rings is 1. The molecule has 24 heavy (non-hydrogen) atoms. The summed E-state index contributed by atoms with van der Waals surface area (Å²) in [6.07, 6.45) is 4.64. The smallest absolute Gasteiger partial charge is 0.341 e. The number of ether oxygens (including phenoxy) is 2. The van der Waals surface area contributed by atoms with Crippen molar-refractivity contribution in [2.45, 2.75) is 38.7 Å². The van der Waals surface area contributed by atoms with Crippen molar-refractivity contribution < 1.29 is 24.2 Å². The number of anilines is 1. The predicted octanol–water partition coefficient (Wildman–Crippen LogP) is 3.34. The molecule has 0 heterocycles. The van der Waals surface area contributed by atoms with E-state index in [1.165, 1.54) is 18.6 Å². The molecule has 0 bridgehead atoms. The highest BCUT2D eigenvalue weighted by Gasteiger charge is 2.22. The summed E-state index contributed by atoms with van der Waals surface area (Å²) < 4.78 is 10.7. The van der Waals surface area contributed by atoms with Gasteiger partial charge >= 0.3 is 5.97 Å². The molecule has 1 aromatic carbocycles. The summed E-state index contributed by atoms with van der Waals surface area (Å²) in [5.41, 5.74) is 0.507. The van der Waals surface area contributed by atoms with Gasteiger partial charge < -0.3 is 19.9 Å². The maximum atomic E-state index is 12.0. The van der Waals surface area contributed by atoms with Gasteiger partial charge in [0, 0.05) is 5.69 Å². The van der Waals surface area contributed by atoms with E-state index in [2.05, 4.69) is 12.2 Å². The molecule has 0 radical (unpaired) electrons. The van der Waals surface area contributed by atoms with Crippen LogP contribution in [0.4, 0.5) is 5.69 Å². The number of hydrogen-bond acceptors (Lipinski definition) is 4. The molecular formula is C17H22ClNO5. The second-order valence-corrected chi connectivity index (χ2v) is 6.39. The van der Waals surface area contributed by atoms with Gasteiger partial charge in [-0.25, -0.2) is 4.79 Å². The van der Waals surface area contributed by atoms with Crippen LogP contribution in [0.15, 0.2) is 18.2 Å². The largest absolute Gasteiger partial charge is 0.480 e. The summed E-state index contributed by atoms with van der Waals surface area (Å²) in [7, 11) is 0. The third kappa shape index (κ3) is 5.69. The zero-order valence-electron chi connectivity index (χ0n) is 13.6. The molecule has 1 amide bonds. The van der Waals surface area contributed by atoms with E-state index >= 15 is 0 Å². The lowest BCUT2D eigenvalue weighted by molar-refractivity contribution is -0.139. The fourth-order valence-electron chi connectivity index (χ4n) is 2.74. The maximum absolute atomic E-state index is 12.0. The van der Waals surface area contributed by atoms with Crippen molar-refractivity contribution in [3.8, 4) is 5.75 Å². The molecule has 132 valence electrons. The van der Waals surface area contributed by atoms with Gasteiger partial charge in [-0.3, -0.25) is 4.79 Å². The second kappa shape index (κ2) is 8.89. The van der Waals surface area contributed by atoms with E-state index in [4.69, 9.17) is 26.2 Å². The fourth-order valence-corrected chi connectivity index (χ4v) is 2.98. The first-order chi connectivity index (χ1) is 11.5. The summed E-state index contributed by atoms with van der Waals surface area (Å²) in [4.78, 5) is 22.5. The zero-order chi connectivity index (χ0) is 17.5. The van der Waals surface area contributed by atoms with Crippen LogP contribution in [-0.2, 0) is 14.3 Å². The molecule has 2 atom stereocenters. The van der Waals surface area contributed by atoms with Gasteiger partial charge in [0.15, 0.2) is 6.61 Å². The highest BCUT2D eigenvalue weighted by molar-refractivity contribution is 6.32. The predicted molar refractivity (Wildman–Crippen MR) is 90.6 cm³/mol. The number of nitrogens with one attached hydrogen (secondary N) is 1.